The third kappa shape index (κ3) is 3.12. The molecule has 0 amide bonds. The van der Waals surface area contributed by atoms with E-state index in [0.29, 0.717) is 28.2 Å². The zero-order chi connectivity index (χ0) is 18.8. The normalized spacial score (nSPS) is 14.9. The molecule has 138 valence electrons. The van der Waals surface area contributed by atoms with Crippen LogP contribution in [0.3, 0.4) is 0 Å². The fraction of sp³-hybridized carbons (Fsp3) is 0.211. The van der Waals surface area contributed by atoms with Crippen molar-refractivity contribution in [2.45, 2.75) is 11.4 Å². The molecular formula is C19H18N4O3S. The van der Waals surface area contributed by atoms with E-state index < -0.39 is 6.23 Å². The Kier molecular flexibility index (Phi) is 4.72. The summed E-state index contributed by atoms with van der Waals surface area (Å²) in [7, 11) is 3.21. The summed E-state index contributed by atoms with van der Waals surface area (Å²) in [6.45, 7) is 0. The average molecular weight is 382 g/mol. The van der Waals surface area contributed by atoms with E-state index in [-0.39, 0.29) is 0 Å². The van der Waals surface area contributed by atoms with Crippen LogP contribution in [0.1, 0.15) is 11.8 Å². The second-order valence-corrected chi connectivity index (χ2v) is 6.50. The van der Waals surface area contributed by atoms with Crippen molar-refractivity contribution in [2.75, 3.05) is 25.8 Å². The molecule has 27 heavy (non-hydrogen) atoms. The molecule has 1 atom stereocenters. The number of fused-ring (bicyclic) bond motifs is 3. The van der Waals surface area contributed by atoms with Crippen LogP contribution in [-0.4, -0.2) is 35.7 Å². The maximum absolute atomic E-state index is 6.24. The van der Waals surface area contributed by atoms with Gasteiger partial charge < -0.3 is 19.5 Å². The third-order valence-corrected chi connectivity index (χ3v) is 4.77. The number of hydrogen-bond donors (Lipinski definition) is 1. The lowest BCUT2D eigenvalue weighted by Gasteiger charge is -2.22. The topological polar surface area (TPSA) is 78.4 Å². The summed E-state index contributed by atoms with van der Waals surface area (Å²) >= 11 is 1.41. The molecule has 8 heteroatoms. The van der Waals surface area contributed by atoms with Crippen molar-refractivity contribution in [3.05, 3.63) is 48.0 Å². The van der Waals surface area contributed by atoms with Gasteiger partial charge in [0.2, 0.25) is 17.3 Å². The van der Waals surface area contributed by atoms with E-state index in [1.165, 1.54) is 11.8 Å². The summed E-state index contributed by atoms with van der Waals surface area (Å²) in [5, 5.41) is 12.5. The van der Waals surface area contributed by atoms with Crippen molar-refractivity contribution in [3.8, 4) is 28.6 Å². The predicted molar refractivity (Wildman–Crippen MR) is 104 cm³/mol. The minimum atomic E-state index is -0.538. The third-order valence-electron chi connectivity index (χ3n) is 4.23. The van der Waals surface area contributed by atoms with E-state index in [0.717, 1.165) is 16.8 Å². The number of hydrogen-bond acceptors (Lipinski definition) is 8. The SMILES string of the molecule is COc1cccc(C2Nc3ccccc3-c3nnc(SC)nc3O2)c1OC. The van der Waals surface area contributed by atoms with Gasteiger partial charge >= 0.3 is 0 Å². The molecule has 1 aromatic heterocycles. The molecule has 0 fully saturated rings. The zero-order valence-corrected chi connectivity index (χ0v) is 15.9. The molecule has 7 nitrogen and oxygen atoms in total. The first kappa shape index (κ1) is 17.4. The first-order chi connectivity index (χ1) is 13.2. The number of para-hydroxylation sites is 2. The van der Waals surface area contributed by atoms with Crippen LogP contribution in [0.4, 0.5) is 5.69 Å². The van der Waals surface area contributed by atoms with Gasteiger partial charge in [-0.15, -0.1) is 10.2 Å². The van der Waals surface area contributed by atoms with E-state index in [1.807, 2.05) is 48.7 Å². The fourth-order valence-corrected chi connectivity index (χ4v) is 3.29. The monoisotopic (exact) mass is 382 g/mol. The van der Waals surface area contributed by atoms with Crippen LogP contribution in [0.5, 0.6) is 17.4 Å². The predicted octanol–water partition coefficient (Wildman–Crippen LogP) is 3.78. The largest absolute Gasteiger partial charge is 0.493 e. The second-order valence-electron chi connectivity index (χ2n) is 5.72. The van der Waals surface area contributed by atoms with Gasteiger partial charge in [0.25, 0.3) is 0 Å². The maximum atomic E-state index is 6.24. The lowest BCUT2D eigenvalue weighted by Crippen LogP contribution is -2.18. The molecule has 1 N–H and O–H groups in total. The lowest BCUT2D eigenvalue weighted by atomic mass is 10.1. The van der Waals surface area contributed by atoms with Crippen LogP contribution in [0, 0.1) is 0 Å². The van der Waals surface area contributed by atoms with Crippen molar-refractivity contribution in [3.63, 3.8) is 0 Å². The van der Waals surface area contributed by atoms with Crippen molar-refractivity contribution in [2.24, 2.45) is 0 Å². The Hall–Kier alpha value is -3.00. The van der Waals surface area contributed by atoms with Gasteiger partial charge in [-0.1, -0.05) is 36.0 Å². The maximum Gasteiger partial charge on any atom is 0.247 e. The Bertz CT molecular complexity index is 983. The molecule has 0 spiro atoms. The Morgan fingerprint density at radius 2 is 1.89 bits per heavy atom. The number of rotatable bonds is 4. The van der Waals surface area contributed by atoms with Crippen molar-refractivity contribution >= 4 is 17.4 Å². The van der Waals surface area contributed by atoms with Gasteiger partial charge in [-0.3, -0.25) is 0 Å². The first-order valence-electron chi connectivity index (χ1n) is 8.27. The van der Waals surface area contributed by atoms with Crippen LogP contribution >= 0.6 is 11.8 Å². The molecule has 1 unspecified atom stereocenters. The Labute approximate surface area is 161 Å². The number of thioether (sulfide) groups is 1. The first-order valence-corrected chi connectivity index (χ1v) is 9.49. The van der Waals surface area contributed by atoms with Crippen LogP contribution in [-0.2, 0) is 0 Å². The van der Waals surface area contributed by atoms with Crippen LogP contribution in [0.2, 0.25) is 0 Å². The van der Waals surface area contributed by atoms with Crippen LogP contribution in [0.15, 0.2) is 47.6 Å². The standard InChI is InChI=1S/C19H18N4O3S/c1-24-14-10-6-8-12(16(14)25-2)17-20-13-9-5-4-7-11(13)15-18(26-17)21-19(27-3)23-22-15/h4-10,17,20H,1-3H3. The van der Waals surface area contributed by atoms with Gasteiger partial charge in [-0.2, -0.15) is 4.98 Å². The number of nitrogens with zero attached hydrogens (tertiary/aromatic N) is 3. The quantitative estimate of drug-likeness (QED) is 0.683. The average Bonchev–Trinajstić information content (AvgIpc) is 2.89. The molecule has 1 aliphatic rings. The van der Waals surface area contributed by atoms with Gasteiger partial charge in [-0.25, -0.2) is 0 Å². The van der Waals surface area contributed by atoms with Gasteiger partial charge in [0.1, 0.15) is 0 Å². The Morgan fingerprint density at radius 3 is 2.67 bits per heavy atom. The minimum absolute atomic E-state index is 0.418. The van der Waals surface area contributed by atoms with Crippen molar-refractivity contribution in [1.29, 1.82) is 0 Å². The second kappa shape index (κ2) is 7.32. The van der Waals surface area contributed by atoms with E-state index in [9.17, 15) is 0 Å². The summed E-state index contributed by atoms with van der Waals surface area (Å²) in [5.41, 5.74) is 3.15. The van der Waals surface area contributed by atoms with E-state index in [2.05, 4.69) is 20.5 Å². The molecule has 0 aliphatic carbocycles. The molecule has 4 rings (SSSR count). The smallest absolute Gasteiger partial charge is 0.247 e. The Morgan fingerprint density at radius 1 is 1.04 bits per heavy atom. The minimum Gasteiger partial charge on any atom is -0.493 e. The zero-order valence-electron chi connectivity index (χ0n) is 15.1. The molecule has 1 aliphatic heterocycles. The van der Waals surface area contributed by atoms with Gasteiger partial charge in [0.15, 0.2) is 17.2 Å². The number of anilines is 1. The van der Waals surface area contributed by atoms with Gasteiger partial charge in [-0.05, 0) is 24.5 Å². The van der Waals surface area contributed by atoms with Crippen molar-refractivity contribution < 1.29 is 14.2 Å². The van der Waals surface area contributed by atoms with Gasteiger partial charge in [0, 0.05) is 11.3 Å². The number of benzene rings is 2. The molecule has 2 heterocycles. The van der Waals surface area contributed by atoms with E-state index >= 15 is 0 Å². The lowest BCUT2D eigenvalue weighted by molar-refractivity contribution is 0.218. The molecule has 0 saturated carbocycles. The highest BCUT2D eigenvalue weighted by atomic mass is 32.2. The summed E-state index contributed by atoms with van der Waals surface area (Å²) in [4.78, 5) is 4.52. The van der Waals surface area contributed by atoms with Crippen molar-refractivity contribution in [1.82, 2.24) is 15.2 Å². The number of ether oxygens (including phenoxy) is 3. The molecule has 0 saturated heterocycles. The summed E-state index contributed by atoms with van der Waals surface area (Å²) in [6, 6.07) is 13.5. The van der Waals surface area contributed by atoms with E-state index in [4.69, 9.17) is 14.2 Å². The molecule has 0 radical (unpaired) electrons. The fourth-order valence-electron chi connectivity index (χ4n) is 2.99. The highest BCUT2D eigenvalue weighted by molar-refractivity contribution is 7.98. The number of nitrogens with one attached hydrogen (secondary N) is 1. The summed E-state index contributed by atoms with van der Waals surface area (Å²) in [5.74, 6) is 1.65. The molecule has 0 bridgehead atoms. The number of aromatic nitrogens is 3. The van der Waals surface area contributed by atoms with Gasteiger partial charge in [0.05, 0.1) is 19.8 Å². The molecule has 3 aromatic rings. The highest BCUT2D eigenvalue weighted by Crippen LogP contribution is 2.42. The highest BCUT2D eigenvalue weighted by Gasteiger charge is 2.28. The molecular weight excluding hydrogens is 364 g/mol. The van der Waals surface area contributed by atoms with E-state index in [1.54, 1.807) is 14.2 Å². The summed E-state index contributed by atoms with van der Waals surface area (Å²) < 4.78 is 17.2. The number of methoxy groups -OCH3 is 2. The van der Waals surface area contributed by atoms with Crippen LogP contribution < -0.4 is 19.5 Å². The molecule has 2 aromatic carbocycles. The van der Waals surface area contributed by atoms with Crippen LogP contribution in [0.25, 0.3) is 11.3 Å². The Balaban J connectivity index is 1.88. The summed E-state index contributed by atoms with van der Waals surface area (Å²) in [6.07, 6.45) is 1.36.